The van der Waals surface area contributed by atoms with Crippen molar-refractivity contribution >= 4 is 94.4 Å². The fourth-order valence-electron chi connectivity index (χ4n) is 10.1. The van der Waals surface area contributed by atoms with Crippen molar-refractivity contribution in [1.82, 2.24) is 9.13 Å². The van der Waals surface area contributed by atoms with Crippen molar-refractivity contribution in [3.8, 4) is 11.4 Å². The van der Waals surface area contributed by atoms with Crippen LogP contribution in [0.15, 0.2) is 217 Å². The first-order chi connectivity index (χ1) is 29.2. The maximum absolute atomic E-state index is 6.96. The molecule has 12 aromatic rings. The van der Waals surface area contributed by atoms with Crippen LogP contribution in [0.5, 0.6) is 0 Å². The van der Waals surface area contributed by atoms with E-state index < -0.39 is 8.07 Å². The zero-order chi connectivity index (χ0) is 39.1. The van der Waals surface area contributed by atoms with Crippen molar-refractivity contribution in [2.75, 3.05) is 0 Å². The number of aryl methyl sites for hydroxylation is 1. The maximum atomic E-state index is 6.96. The summed E-state index contributed by atoms with van der Waals surface area (Å²) in [6.07, 6.45) is 0. The Hall–Kier alpha value is -7.40. The Morgan fingerprint density at radius 1 is 0.390 bits per heavy atom. The maximum Gasteiger partial charge on any atom is 0.184 e. The minimum absolute atomic E-state index is 0.910. The molecule has 0 amide bonds. The molecule has 0 fully saturated rings. The van der Waals surface area contributed by atoms with E-state index in [-0.39, 0.29) is 0 Å². The first-order valence-electron chi connectivity index (χ1n) is 20.4. The third-order valence-electron chi connectivity index (χ3n) is 12.5. The first-order valence-corrected chi connectivity index (χ1v) is 22.4. The summed E-state index contributed by atoms with van der Waals surface area (Å²) in [5.41, 5.74) is 10.2. The van der Waals surface area contributed by atoms with E-state index in [4.69, 9.17) is 4.42 Å². The lowest BCUT2D eigenvalue weighted by molar-refractivity contribution is 0.671. The fourth-order valence-corrected chi connectivity index (χ4v) is 15.1. The van der Waals surface area contributed by atoms with Crippen LogP contribution in [0.2, 0.25) is 0 Å². The number of rotatable bonds is 6. The van der Waals surface area contributed by atoms with Crippen LogP contribution in [0.4, 0.5) is 0 Å². The van der Waals surface area contributed by atoms with Gasteiger partial charge >= 0.3 is 0 Å². The van der Waals surface area contributed by atoms with E-state index in [1.807, 2.05) is 0 Å². The van der Waals surface area contributed by atoms with E-state index in [1.54, 1.807) is 0 Å². The molecule has 0 atom stereocenters. The predicted molar refractivity (Wildman–Crippen MR) is 251 cm³/mol. The average molecular weight is 771 g/mol. The molecule has 59 heavy (non-hydrogen) atoms. The summed E-state index contributed by atoms with van der Waals surface area (Å²) >= 11 is 0. The lowest BCUT2D eigenvalue weighted by atomic mass is 10.1. The van der Waals surface area contributed by atoms with Crippen LogP contribution in [0.25, 0.3) is 76.9 Å². The quantitative estimate of drug-likeness (QED) is 0.122. The highest BCUT2D eigenvalue weighted by molar-refractivity contribution is 7.20. The Kier molecular flexibility index (Phi) is 7.47. The molecule has 3 nitrogen and oxygen atoms in total. The Labute approximate surface area is 342 Å². The summed E-state index contributed by atoms with van der Waals surface area (Å²) in [6.45, 7) is 2.26. The average Bonchev–Trinajstić information content (AvgIpc) is 3.96. The zero-order valence-electron chi connectivity index (χ0n) is 32.5. The Bertz CT molecular complexity index is 3520. The molecule has 0 aliphatic rings. The third kappa shape index (κ3) is 4.87. The molecule has 3 aromatic heterocycles. The van der Waals surface area contributed by atoms with Gasteiger partial charge in [0.25, 0.3) is 0 Å². The van der Waals surface area contributed by atoms with Gasteiger partial charge in [0.15, 0.2) is 8.07 Å². The van der Waals surface area contributed by atoms with Gasteiger partial charge in [0, 0.05) is 43.7 Å². The van der Waals surface area contributed by atoms with Crippen LogP contribution in [0.3, 0.4) is 0 Å². The number of fused-ring (bicyclic) bond motifs is 10. The molecule has 0 saturated carbocycles. The van der Waals surface area contributed by atoms with Gasteiger partial charge in [-0.3, -0.25) is 0 Å². The van der Waals surface area contributed by atoms with Gasteiger partial charge in [-0.2, -0.15) is 0 Å². The molecule has 0 saturated heterocycles. The van der Waals surface area contributed by atoms with Crippen molar-refractivity contribution in [1.29, 1.82) is 0 Å². The van der Waals surface area contributed by atoms with Gasteiger partial charge in [-0.1, -0.05) is 164 Å². The fraction of sp³-hybridized carbons (Fsp3) is 0.0182. The molecule has 0 aliphatic heterocycles. The highest BCUT2D eigenvalue weighted by Gasteiger charge is 2.44. The molecular weight excluding hydrogens is 733 g/mol. The minimum atomic E-state index is -3.09. The monoisotopic (exact) mass is 770 g/mol. The second-order valence-corrected chi connectivity index (χ2v) is 19.5. The molecule has 9 aromatic carbocycles. The van der Waals surface area contributed by atoms with Crippen LogP contribution in [0, 0.1) is 6.92 Å². The summed E-state index contributed by atoms with van der Waals surface area (Å²) in [6, 6.07) is 78.1. The lowest BCUT2D eigenvalue weighted by Crippen LogP contribution is -2.75. The van der Waals surface area contributed by atoms with E-state index in [1.165, 1.54) is 69.9 Å². The van der Waals surface area contributed by atoms with Crippen molar-refractivity contribution in [2.45, 2.75) is 6.92 Å². The number of furan rings is 1. The molecule has 0 unspecified atom stereocenters. The van der Waals surface area contributed by atoms with Crippen molar-refractivity contribution < 1.29 is 4.42 Å². The molecule has 0 spiro atoms. The summed E-state index contributed by atoms with van der Waals surface area (Å²) in [7, 11) is -3.09. The van der Waals surface area contributed by atoms with Crippen molar-refractivity contribution in [2.24, 2.45) is 0 Å². The van der Waals surface area contributed by atoms with Crippen LogP contribution >= 0.6 is 0 Å². The van der Waals surface area contributed by atoms with Gasteiger partial charge in [0.1, 0.15) is 11.2 Å². The molecule has 12 rings (SSSR count). The summed E-state index contributed by atoms with van der Waals surface area (Å²) in [5.74, 6) is 0. The molecule has 4 heteroatoms. The molecular formula is C55H38N2OSi. The Morgan fingerprint density at radius 2 is 0.983 bits per heavy atom. The number of hydrogen-bond donors (Lipinski definition) is 0. The molecule has 0 bridgehead atoms. The van der Waals surface area contributed by atoms with Crippen LogP contribution in [-0.4, -0.2) is 17.2 Å². The molecule has 0 N–H and O–H groups in total. The van der Waals surface area contributed by atoms with E-state index >= 15 is 0 Å². The van der Waals surface area contributed by atoms with Gasteiger partial charge in [0.2, 0.25) is 0 Å². The molecule has 278 valence electrons. The van der Waals surface area contributed by atoms with E-state index in [0.717, 1.165) is 33.3 Å². The molecule has 3 heterocycles. The Balaban J connectivity index is 1.24. The molecule has 0 radical (unpaired) electrons. The summed E-state index contributed by atoms with van der Waals surface area (Å²) < 4.78 is 11.9. The zero-order valence-corrected chi connectivity index (χ0v) is 33.5. The number of aromatic nitrogens is 2. The number of nitrogens with zero attached hydrogens (tertiary/aromatic N) is 2. The van der Waals surface area contributed by atoms with Gasteiger partial charge < -0.3 is 13.6 Å². The highest BCUT2D eigenvalue weighted by Crippen LogP contribution is 2.42. The third-order valence-corrected chi connectivity index (χ3v) is 17.2. The summed E-state index contributed by atoms with van der Waals surface area (Å²) in [4.78, 5) is 0. The van der Waals surface area contributed by atoms with Crippen molar-refractivity contribution in [3.05, 3.63) is 218 Å². The first kappa shape index (κ1) is 33.7. The largest absolute Gasteiger partial charge is 0.456 e. The molecule has 0 aliphatic carbocycles. The van der Waals surface area contributed by atoms with Gasteiger partial charge in [-0.15, -0.1) is 0 Å². The number of benzene rings is 9. The van der Waals surface area contributed by atoms with E-state index in [0.29, 0.717) is 0 Å². The SMILES string of the molecule is Cc1cc(-n2c3ccccc3c3ccc4c(c5ccccc5n4-c4ccccc4)c32)cc([Si](c2ccccc2)(c2ccccc2)c2cccc3c2oc2ccccc23)c1. The second-order valence-electron chi connectivity index (χ2n) is 15.7. The van der Waals surface area contributed by atoms with Crippen LogP contribution < -0.4 is 20.7 Å². The van der Waals surface area contributed by atoms with Crippen LogP contribution in [0.1, 0.15) is 5.56 Å². The van der Waals surface area contributed by atoms with Gasteiger partial charge in [-0.25, -0.2) is 0 Å². The second kappa shape index (κ2) is 13.1. The predicted octanol–water partition coefficient (Wildman–Crippen LogP) is 11.5. The lowest BCUT2D eigenvalue weighted by Gasteiger charge is -2.35. The normalized spacial score (nSPS) is 12.2. The van der Waals surface area contributed by atoms with Gasteiger partial charge in [-0.05, 0) is 81.8 Å². The van der Waals surface area contributed by atoms with E-state index in [9.17, 15) is 0 Å². The Morgan fingerprint density at radius 3 is 1.71 bits per heavy atom. The number of hydrogen-bond acceptors (Lipinski definition) is 1. The van der Waals surface area contributed by atoms with Gasteiger partial charge in [0.05, 0.1) is 22.1 Å². The van der Waals surface area contributed by atoms with E-state index in [2.05, 4.69) is 228 Å². The summed E-state index contributed by atoms with van der Waals surface area (Å²) in [5, 5.41) is 12.4. The van der Waals surface area contributed by atoms with Crippen molar-refractivity contribution in [3.63, 3.8) is 0 Å². The highest BCUT2D eigenvalue weighted by atomic mass is 28.3. The topological polar surface area (TPSA) is 23.0 Å². The minimum Gasteiger partial charge on any atom is -0.456 e. The number of para-hydroxylation sites is 5. The smallest absolute Gasteiger partial charge is 0.184 e. The standard InChI is InChI=1S/C55H38N2OSi/c1-37-34-39(57-48-28-14-11-24-43(48)45-32-33-50-53(54(45)57)47-26-12-15-29-49(47)56(50)38-18-5-2-6-19-38)36-42(35-37)59(40-20-7-3-8-21-40,41-22-9-4-10-23-41)52-31-17-27-46-44-25-13-16-30-51(44)58-55(46)52/h2-36H,1H3. The van der Waals surface area contributed by atoms with Crippen LogP contribution in [-0.2, 0) is 0 Å².